The van der Waals surface area contributed by atoms with Crippen LogP contribution in [0.3, 0.4) is 0 Å². The molecule has 0 aliphatic carbocycles. The quantitative estimate of drug-likeness (QED) is 0.731. The van der Waals surface area contributed by atoms with Gasteiger partial charge in [-0.25, -0.2) is 0 Å². The van der Waals surface area contributed by atoms with Crippen LogP contribution in [-0.4, -0.2) is 23.5 Å². The van der Waals surface area contributed by atoms with Crippen molar-refractivity contribution in [3.63, 3.8) is 0 Å². The summed E-state index contributed by atoms with van der Waals surface area (Å²) in [5.74, 6) is 3.04. The summed E-state index contributed by atoms with van der Waals surface area (Å²) in [6.45, 7) is -0.459. The highest BCUT2D eigenvalue weighted by atomic mass is 16.4. The smallest absolute Gasteiger partial charge is 0.322 e. The summed E-state index contributed by atoms with van der Waals surface area (Å²) in [7, 11) is 0. The van der Waals surface area contributed by atoms with Crippen LogP contribution in [0.25, 0.3) is 0 Å². The van der Waals surface area contributed by atoms with Gasteiger partial charge in [0.15, 0.2) is 6.07 Å². The van der Waals surface area contributed by atoms with Crippen molar-refractivity contribution in [1.82, 2.24) is 5.32 Å². The van der Waals surface area contributed by atoms with Crippen LogP contribution in [0.2, 0.25) is 0 Å². The Kier molecular flexibility index (Phi) is 4.29. The van der Waals surface area contributed by atoms with Crippen LogP contribution in [0.15, 0.2) is 24.3 Å². The number of hydrogen-bond acceptors (Lipinski definition) is 3. The first-order chi connectivity index (χ1) is 8.15. The third-order valence-corrected chi connectivity index (χ3v) is 1.82. The molecule has 1 aromatic carbocycles. The summed E-state index contributed by atoms with van der Waals surface area (Å²) < 4.78 is 0. The highest BCUT2D eigenvalue weighted by Gasteiger charge is 2.10. The first-order valence-electron chi connectivity index (χ1n) is 4.64. The van der Waals surface area contributed by atoms with Gasteiger partial charge in [-0.15, -0.1) is 0 Å². The first kappa shape index (κ1) is 12.3. The topological polar surface area (TPSA) is 90.2 Å². The molecule has 84 valence electrons. The van der Waals surface area contributed by atoms with Gasteiger partial charge in [0.1, 0.15) is 6.54 Å². The number of benzene rings is 1. The molecule has 0 aromatic heterocycles. The standard InChI is InChI=1S/C12H8N2O3/c13-7-3-5-9-4-1-2-6-10(9)12(17)14-8-11(15)16/h1-2,4,6H,8H2,(H,14,17)(H,15,16). The summed E-state index contributed by atoms with van der Waals surface area (Å²) in [4.78, 5) is 21.9. The lowest BCUT2D eigenvalue weighted by atomic mass is 10.1. The predicted octanol–water partition coefficient (Wildman–Crippen LogP) is 0.376. The number of nitriles is 1. The molecule has 5 nitrogen and oxygen atoms in total. The Labute approximate surface area is 97.7 Å². The zero-order valence-corrected chi connectivity index (χ0v) is 8.73. The van der Waals surface area contributed by atoms with Gasteiger partial charge in [0.25, 0.3) is 5.91 Å². The predicted molar refractivity (Wildman–Crippen MR) is 58.9 cm³/mol. The number of carboxylic acids is 1. The molecule has 0 atom stereocenters. The molecule has 0 saturated heterocycles. The molecule has 0 fully saturated rings. The molecule has 1 amide bonds. The average Bonchev–Trinajstić information content (AvgIpc) is 2.33. The molecule has 0 spiro atoms. The maximum atomic E-state index is 11.6. The molecule has 0 aliphatic rings. The number of rotatable bonds is 3. The van der Waals surface area contributed by atoms with Gasteiger partial charge in [-0.1, -0.05) is 12.1 Å². The summed E-state index contributed by atoms with van der Waals surface area (Å²) in [5, 5.41) is 19.0. The normalized spacial score (nSPS) is 8.41. The van der Waals surface area contributed by atoms with E-state index in [1.165, 1.54) is 6.07 Å². The Bertz CT molecular complexity index is 547. The fourth-order valence-corrected chi connectivity index (χ4v) is 1.14. The van der Waals surface area contributed by atoms with Crippen molar-refractivity contribution in [3.05, 3.63) is 35.4 Å². The number of amides is 1. The summed E-state index contributed by atoms with van der Waals surface area (Å²) in [5.41, 5.74) is 0.633. The highest BCUT2D eigenvalue weighted by molar-refractivity contribution is 5.98. The molecule has 1 aromatic rings. The monoisotopic (exact) mass is 228 g/mol. The van der Waals surface area contributed by atoms with E-state index in [4.69, 9.17) is 10.4 Å². The molecule has 0 aliphatic heterocycles. The number of nitrogens with one attached hydrogen (secondary N) is 1. The number of carbonyl (C=O) groups is 2. The summed E-state index contributed by atoms with van der Waals surface area (Å²) in [6, 6.07) is 8.05. The largest absolute Gasteiger partial charge is 0.480 e. The zero-order chi connectivity index (χ0) is 12.7. The third-order valence-electron chi connectivity index (χ3n) is 1.82. The summed E-state index contributed by atoms with van der Waals surface area (Å²) in [6.07, 6.45) is 0. The van der Waals surface area contributed by atoms with Crippen molar-refractivity contribution in [1.29, 1.82) is 5.26 Å². The fraction of sp³-hybridized carbons (Fsp3) is 0.0833. The van der Waals surface area contributed by atoms with E-state index in [1.54, 1.807) is 24.3 Å². The van der Waals surface area contributed by atoms with Crippen LogP contribution in [0.5, 0.6) is 0 Å². The van der Waals surface area contributed by atoms with Crippen molar-refractivity contribution >= 4 is 11.9 Å². The lowest BCUT2D eigenvalue weighted by Crippen LogP contribution is -2.29. The molecule has 0 heterocycles. The number of carbonyl (C=O) groups excluding carboxylic acids is 1. The van der Waals surface area contributed by atoms with E-state index in [-0.39, 0.29) is 5.56 Å². The maximum Gasteiger partial charge on any atom is 0.322 e. The van der Waals surface area contributed by atoms with Crippen molar-refractivity contribution in [2.75, 3.05) is 6.54 Å². The Morgan fingerprint density at radius 1 is 1.35 bits per heavy atom. The molecule has 5 heteroatoms. The van der Waals surface area contributed by atoms with Gasteiger partial charge >= 0.3 is 5.97 Å². The van der Waals surface area contributed by atoms with Crippen LogP contribution in [0.4, 0.5) is 0 Å². The molecule has 0 saturated carbocycles. The maximum absolute atomic E-state index is 11.6. The van der Waals surface area contributed by atoms with E-state index >= 15 is 0 Å². The Hall–Kier alpha value is -2.79. The van der Waals surface area contributed by atoms with Crippen LogP contribution < -0.4 is 5.32 Å². The number of nitrogens with zero attached hydrogens (tertiary/aromatic N) is 1. The van der Waals surface area contributed by atoms with Crippen molar-refractivity contribution in [2.45, 2.75) is 0 Å². The fourth-order valence-electron chi connectivity index (χ4n) is 1.14. The van der Waals surface area contributed by atoms with E-state index in [1.807, 2.05) is 0 Å². The molecule has 17 heavy (non-hydrogen) atoms. The van der Waals surface area contributed by atoms with Gasteiger partial charge < -0.3 is 10.4 Å². The second-order valence-electron chi connectivity index (χ2n) is 2.98. The minimum Gasteiger partial charge on any atom is -0.480 e. The van der Waals surface area contributed by atoms with Crippen LogP contribution in [0, 0.1) is 23.2 Å². The second kappa shape index (κ2) is 5.94. The van der Waals surface area contributed by atoms with Gasteiger partial charge in [-0.2, -0.15) is 5.26 Å². The highest BCUT2D eigenvalue weighted by Crippen LogP contribution is 2.06. The number of hydrogen-bond donors (Lipinski definition) is 2. The minimum absolute atomic E-state index is 0.247. The van der Waals surface area contributed by atoms with Gasteiger partial charge in [-0.05, 0) is 18.1 Å². The molecule has 1 rings (SSSR count). The van der Waals surface area contributed by atoms with Gasteiger partial charge in [0, 0.05) is 11.5 Å². The van der Waals surface area contributed by atoms with Crippen LogP contribution in [-0.2, 0) is 4.79 Å². The van der Waals surface area contributed by atoms with Crippen LogP contribution >= 0.6 is 0 Å². The lowest BCUT2D eigenvalue weighted by molar-refractivity contribution is -0.135. The molecular weight excluding hydrogens is 220 g/mol. The summed E-state index contributed by atoms with van der Waals surface area (Å²) >= 11 is 0. The van der Waals surface area contributed by atoms with Gasteiger partial charge in [-0.3, -0.25) is 9.59 Å². The van der Waals surface area contributed by atoms with Crippen molar-refractivity contribution in [3.8, 4) is 17.9 Å². The molecule has 0 bridgehead atoms. The second-order valence-corrected chi connectivity index (χ2v) is 2.98. The van der Waals surface area contributed by atoms with Crippen molar-refractivity contribution in [2.24, 2.45) is 0 Å². The molecular formula is C12H8N2O3. The van der Waals surface area contributed by atoms with Gasteiger partial charge in [0.2, 0.25) is 0 Å². The van der Waals surface area contributed by atoms with E-state index in [0.717, 1.165) is 0 Å². The number of aliphatic carboxylic acids is 1. The molecule has 0 radical (unpaired) electrons. The third kappa shape index (κ3) is 3.69. The zero-order valence-electron chi connectivity index (χ0n) is 8.73. The average molecular weight is 228 g/mol. The first-order valence-corrected chi connectivity index (χ1v) is 4.64. The van der Waals surface area contributed by atoms with Crippen molar-refractivity contribution < 1.29 is 14.7 Å². The Morgan fingerprint density at radius 3 is 2.71 bits per heavy atom. The molecule has 0 unspecified atom stereocenters. The van der Waals surface area contributed by atoms with E-state index in [2.05, 4.69) is 17.2 Å². The Balaban J connectivity index is 2.94. The van der Waals surface area contributed by atoms with Crippen LogP contribution in [0.1, 0.15) is 15.9 Å². The SMILES string of the molecule is N#CC#Cc1ccccc1C(=O)NCC(=O)O. The van der Waals surface area contributed by atoms with E-state index < -0.39 is 18.4 Å². The lowest BCUT2D eigenvalue weighted by Gasteiger charge is -2.04. The minimum atomic E-state index is -1.13. The van der Waals surface area contributed by atoms with E-state index in [9.17, 15) is 9.59 Å². The van der Waals surface area contributed by atoms with Gasteiger partial charge in [0.05, 0.1) is 5.56 Å². The molecule has 2 N–H and O–H groups in total. The van der Waals surface area contributed by atoms with E-state index in [0.29, 0.717) is 5.56 Å². The number of carboxylic acid groups (broad SMARTS) is 1. The Morgan fingerprint density at radius 2 is 2.06 bits per heavy atom.